The van der Waals surface area contributed by atoms with Crippen molar-refractivity contribution in [2.75, 3.05) is 0 Å². The zero-order valence-electron chi connectivity index (χ0n) is 36.1. The van der Waals surface area contributed by atoms with E-state index in [0.717, 1.165) is 56.1 Å². The SMILES string of the molecule is CC(C)C1=C2[C@H]3CC[C@@H]4[C@@]5(C)CC[C@H](OC(=O)[C@H]6C[C@@H](C(=O)O)C6(C)C)C(C)(C)[C@@H]5CC[C@@]4(C)[C@]3(C)CC[C@@]2(NC(=O)C2(NC(=O)c3ccc(F)cc3)CC2)CC1=O. The zero-order valence-corrected chi connectivity index (χ0v) is 36.1. The van der Waals surface area contributed by atoms with Crippen LogP contribution in [0, 0.1) is 68.4 Å². The summed E-state index contributed by atoms with van der Waals surface area (Å²) in [5, 5.41) is 16.1. The van der Waals surface area contributed by atoms with Gasteiger partial charge < -0.3 is 20.5 Å². The number of allylic oxidation sites excluding steroid dienone is 1. The lowest BCUT2D eigenvalue weighted by Crippen LogP contribution is -2.68. The Labute approximate surface area is 343 Å². The molecule has 0 bridgehead atoms. The van der Waals surface area contributed by atoms with E-state index in [1.54, 1.807) is 0 Å². The van der Waals surface area contributed by atoms with Crippen LogP contribution in [0.25, 0.3) is 0 Å². The number of carboxylic acid groups (broad SMARTS) is 1. The van der Waals surface area contributed by atoms with E-state index in [1.807, 2.05) is 13.8 Å². The molecular formula is C48H65FN2O7. The predicted octanol–water partition coefficient (Wildman–Crippen LogP) is 8.60. The van der Waals surface area contributed by atoms with Gasteiger partial charge in [0.25, 0.3) is 5.91 Å². The highest BCUT2D eigenvalue weighted by Gasteiger charge is 2.71. The van der Waals surface area contributed by atoms with Crippen molar-refractivity contribution < 1.29 is 38.2 Å². The number of esters is 1. The van der Waals surface area contributed by atoms with Crippen molar-refractivity contribution in [2.24, 2.45) is 62.6 Å². The van der Waals surface area contributed by atoms with Crippen LogP contribution < -0.4 is 10.6 Å². The van der Waals surface area contributed by atoms with Gasteiger partial charge in [-0.3, -0.25) is 24.0 Å². The van der Waals surface area contributed by atoms with E-state index in [4.69, 9.17) is 4.74 Å². The molecule has 1 aromatic carbocycles. The lowest BCUT2D eigenvalue weighted by molar-refractivity contribution is -0.235. The number of aliphatic carboxylic acids is 1. The van der Waals surface area contributed by atoms with E-state index in [2.05, 4.69) is 59.1 Å². The van der Waals surface area contributed by atoms with Gasteiger partial charge in [0, 0.05) is 17.4 Å². The molecule has 1 aromatic rings. The number of fused-ring (bicyclic) bond motifs is 7. The first-order valence-electron chi connectivity index (χ1n) is 22.1. The molecule has 8 rings (SSSR count). The summed E-state index contributed by atoms with van der Waals surface area (Å²) >= 11 is 0. The molecular weight excluding hydrogens is 736 g/mol. The Bertz CT molecular complexity index is 1980. The lowest BCUT2D eigenvalue weighted by Gasteiger charge is -2.72. The molecule has 0 aliphatic heterocycles. The van der Waals surface area contributed by atoms with Crippen molar-refractivity contribution in [3.8, 4) is 0 Å². The van der Waals surface area contributed by atoms with Crippen molar-refractivity contribution in [3.05, 3.63) is 46.8 Å². The van der Waals surface area contributed by atoms with E-state index in [9.17, 15) is 33.5 Å². The van der Waals surface area contributed by atoms with Crippen molar-refractivity contribution in [2.45, 2.75) is 157 Å². The van der Waals surface area contributed by atoms with Gasteiger partial charge in [-0.15, -0.1) is 0 Å². The first-order valence-corrected chi connectivity index (χ1v) is 22.1. The molecule has 10 atom stereocenters. The number of ketones is 1. The van der Waals surface area contributed by atoms with Gasteiger partial charge in [-0.1, -0.05) is 62.3 Å². The Kier molecular flexibility index (Phi) is 9.39. The fourth-order valence-electron chi connectivity index (χ4n) is 14.7. The van der Waals surface area contributed by atoms with Gasteiger partial charge in [0.15, 0.2) is 5.78 Å². The molecule has 0 saturated heterocycles. The Morgan fingerprint density at radius 2 is 1.45 bits per heavy atom. The minimum absolute atomic E-state index is 0.00906. The molecule has 6 fully saturated rings. The average molecular weight is 801 g/mol. The second kappa shape index (κ2) is 13.2. The summed E-state index contributed by atoms with van der Waals surface area (Å²) in [5.41, 5.74) is -0.544. The van der Waals surface area contributed by atoms with Crippen LogP contribution in [0.3, 0.4) is 0 Å². The minimum Gasteiger partial charge on any atom is -0.481 e. The number of nitrogens with one attached hydrogen (secondary N) is 2. The van der Waals surface area contributed by atoms with Gasteiger partial charge in [0.2, 0.25) is 5.91 Å². The Morgan fingerprint density at radius 3 is 2.05 bits per heavy atom. The minimum atomic E-state index is -1.05. The lowest BCUT2D eigenvalue weighted by atomic mass is 9.33. The van der Waals surface area contributed by atoms with Crippen LogP contribution in [-0.2, 0) is 23.9 Å². The number of carboxylic acids is 1. The number of amides is 2. The van der Waals surface area contributed by atoms with Crippen LogP contribution in [0.5, 0.6) is 0 Å². The molecule has 6 saturated carbocycles. The third-order valence-corrected chi connectivity index (χ3v) is 18.5. The fraction of sp³-hybridized carbons (Fsp3) is 0.729. The largest absolute Gasteiger partial charge is 0.481 e. The Hall–Kier alpha value is -3.56. The maximum atomic E-state index is 14.4. The van der Waals surface area contributed by atoms with E-state index in [-0.39, 0.29) is 63.7 Å². The number of carbonyl (C=O) groups excluding carboxylic acids is 4. The number of hydrogen-bond donors (Lipinski definition) is 3. The molecule has 7 aliphatic rings. The summed E-state index contributed by atoms with van der Waals surface area (Å²) in [4.78, 5) is 67.2. The van der Waals surface area contributed by atoms with E-state index in [0.29, 0.717) is 43.1 Å². The third-order valence-electron chi connectivity index (χ3n) is 18.5. The average Bonchev–Trinajstić information content (AvgIpc) is 3.85. The monoisotopic (exact) mass is 800 g/mol. The molecule has 0 unspecified atom stereocenters. The number of ether oxygens (including phenoxy) is 1. The summed E-state index contributed by atoms with van der Waals surface area (Å²) in [6, 6.07) is 5.33. The number of carbonyl (C=O) groups is 5. The van der Waals surface area contributed by atoms with Gasteiger partial charge in [0.05, 0.1) is 17.4 Å². The van der Waals surface area contributed by atoms with Crippen molar-refractivity contribution in [3.63, 3.8) is 0 Å². The smallest absolute Gasteiger partial charge is 0.309 e. The highest BCUT2D eigenvalue weighted by molar-refractivity contribution is 6.04. The highest BCUT2D eigenvalue weighted by atomic mass is 19.1. The molecule has 0 radical (unpaired) electrons. The highest BCUT2D eigenvalue weighted by Crippen LogP contribution is 2.76. The second-order valence-electron chi connectivity index (χ2n) is 22.1. The summed E-state index contributed by atoms with van der Waals surface area (Å²) < 4.78 is 20.0. The number of halogens is 1. The number of Topliss-reactive ketones (excluding diaryl/α,β-unsaturated/α-hetero) is 1. The Morgan fingerprint density at radius 1 is 0.776 bits per heavy atom. The molecule has 0 aromatic heterocycles. The second-order valence-corrected chi connectivity index (χ2v) is 22.1. The molecule has 0 spiro atoms. The van der Waals surface area contributed by atoms with Crippen molar-refractivity contribution in [1.29, 1.82) is 0 Å². The molecule has 316 valence electrons. The van der Waals surface area contributed by atoms with Crippen LogP contribution in [0.4, 0.5) is 4.39 Å². The number of benzene rings is 1. The van der Waals surface area contributed by atoms with E-state index >= 15 is 0 Å². The molecule has 10 heteroatoms. The van der Waals surface area contributed by atoms with Gasteiger partial charge >= 0.3 is 11.9 Å². The molecule has 9 nitrogen and oxygen atoms in total. The van der Waals surface area contributed by atoms with E-state index in [1.165, 1.54) is 24.3 Å². The fourth-order valence-corrected chi connectivity index (χ4v) is 14.7. The zero-order chi connectivity index (χ0) is 42.2. The molecule has 7 aliphatic carbocycles. The van der Waals surface area contributed by atoms with E-state index < -0.39 is 46.0 Å². The number of hydrogen-bond acceptors (Lipinski definition) is 6. The van der Waals surface area contributed by atoms with Gasteiger partial charge in [-0.2, -0.15) is 0 Å². The number of rotatable bonds is 8. The predicted molar refractivity (Wildman–Crippen MR) is 217 cm³/mol. The van der Waals surface area contributed by atoms with Crippen molar-refractivity contribution >= 4 is 29.5 Å². The summed E-state index contributed by atoms with van der Waals surface area (Å²) in [5.74, 6) is -2.11. The molecule has 0 heterocycles. The summed E-state index contributed by atoms with van der Waals surface area (Å²) in [6.45, 7) is 20.0. The topological polar surface area (TPSA) is 139 Å². The van der Waals surface area contributed by atoms with Crippen LogP contribution in [0.1, 0.15) is 150 Å². The van der Waals surface area contributed by atoms with Crippen LogP contribution in [0.15, 0.2) is 35.4 Å². The van der Waals surface area contributed by atoms with Gasteiger partial charge in [-0.05, 0) is 151 Å². The maximum Gasteiger partial charge on any atom is 0.309 e. The Balaban J connectivity index is 1.04. The van der Waals surface area contributed by atoms with Crippen LogP contribution in [-0.4, -0.2) is 51.8 Å². The first kappa shape index (κ1) is 41.2. The maximum absolute atomic E-state index is 14.4. The molecule has 2 amide bonds. The standard InChI is InChI=1S/C48H65FN2O7/c1-26(2)36-32(52)25-48(51-41(57)47(22-23-47)50-38(53)27-10-12-28(49)13-11-27)21-20-45(8)29(37(36)48)14-15-34-44(7)18-17-35(43(5,6)33(44)16-19-46(34,45)9)58-40(56)31-24-30(39(54)55)42(31,3)4/h10-13,26,29-31,33-35H,14-25H2,1-9H3,(H,50,53)(H,51,57)(H,54,55)/t29-,30+,31-,33+,34-,35+,44+,45-,46-,48-/m1/s1. The van der Waals surface area contributed by atoms with Gasteiger partial charge in [0.1, 0.15) is 17.5 Å². The van der Waals surface area contributed by atoms with Crippen LogP contribution in [0.2, 0.25) is 0 Å². The summed E-state index contributed by atoms with van der Waals surface area (Å²) in [7, 11) is 0. The molecule has 58 heavy (non-hydrogen) atoms. The molecule has 3 N–H and O–H groups in total. The van der Waals surface area contributed by atoms with Crippen LogP contribution >= 0.6 is 0 Å². The summed E-state index contributed by atoms with van der Waals surface area (Å²) in [6.07, 6.45) is 8.62. The normalized spacial score (nSPS) is 40.2. The third kappa shape index (κ3) is 5.74. The quantitative estimate of drug-likeness (QED) is 0.224. The van der Waals surface area contributed by atoms with Crippen molar-refractivity contribution in [1.82, 2.24) is 10.6 Å². The van der Waals surface area contributed by atoms with Gasteiger partial charge in [-0.25, -0.2) is 4.39 Å². The first-order chi connectivity index (χ1) is 27.0.